The van der Waals surface area contributed by atoms with Gasteiger partial charge in [-0.1, -0.05) is 38.1 Å². The van der Waals surface area contributed by atoms with Gasteiger partial charge in [-0.05, 0) is 47.2 Å². The number of benzene rings is 2. The number of carbonyl (C=O) groups excluding carboxylic acids is 1. The van der Waals surface area contributed by atoms with Crippen LogP contribution in [-0.4, -0.2) is 17.5 Å². The highest BCUT2D eigenvalue weighted by Gasteiger charge is 2.14. The largest absolute Gasteiger partial charge is 0.484 e. The molecule has 1 amide bonds. The highest BCUT2D eigenvalue weighted by molar-refractivity contribution is 7.22. The maximum atomic E-state index is 12.4. The van der Waals surface area contributed by atoms with Crippen LogP contribution in [-0.2, 0) is 4.79 Å². The molecule has 2 heterocycles. The van der Waals surface area contributed by atoms with Crippen molar-refractivity contribution in [1.29, 1.82) is 0 Å². The van der Waals surface area contributed by atoms with E-state index >= 15 is 0 Å². The van der Waals surface area contributed by atoms with Gasteiger partial charge in [0.05, 0.1) is 10.2 Å². The molecule has 0 spiro atoms. The standard InChI is InChI=1S/C22H20N2O2S2/c1-14(2)15-7-9-16(10-8-15)26-13-20(25)24-21-17(11-12-27-21)22-23-18-5-3-4-6-19(18)28-22/h3-12,14H,13H2,1-2H3,(H,24,25). The molecule has 4 nitrogen and oxygen atoms in total. The van der Waals surface area contributed by atoms with Gasteiger partial charge in [-0.2, -0.15) is 0 Å². The van der Waals surface area contributed by atoms with Gasteiger partial charge in [-0.15, -0.1) is 22.7 Å². The molecule has 142 valence electrons. The average molecular weight is 409 g/mol. The molecular weight excluding hydrogens is 388 g/mol. The lowest BCUT2D eigenvalue weighted by atomic mass is 10.0. The molecule has 0 atom stereocenters. The van der Waals surface area contributed by atoms with E-state index in [1.165, 1.54) is 16.9 Å². The zero-order chi connectivity index (χ0) is 19.5. The van der Waals surface area contributed by atoms with Crippen molar-refractivity contribution in [2.75, 3.05) is 11.9 Å². The van der Waals surface area contributed by atoms with Crippen LogP contribution in [0.5, 0.6) is 5.75 Å². The van der Waals surface area contributed by atoms with Crippen molar-refractivity contribution in [2.45, 2.75) is 19.8 Å². The second-order valence-electron chi connectivity index (χ2n) is 6.71. The summed E-state index contributed by atoms with van der Waals surface area (Å²) in [5.41, 5.74) is 3.16. The summed E-state index contributed by atoms with van der Waals surface area (Å²) in [6.07, 6.45) is 0. The molecule has 2 aromatic carbocycles. The molecule has 28 heavy (non-hydrogen) atoms. The van der Waals surface area contributed by atoms with E-state index in [-0.39, 0.29) is 12.5 Å². The number of ether oxygens (including phenoxy) is 1. The van der Waals surface area contributed by atoms with Gasteiger partial charge in [0.1, 0.15) is 15.8 Å². The number of nitrogens with one attached hydrogen (secondary N) is 1. The van der Waals surface area contributed by atoms with E-state index in [0.717, 1.165) is 25.8 Å². The van der Waals surface area contributed by atoms with E-state index < -0.39 is 0 Å². The maximum Gasteiger partial charge on any atom is 0.262 e. The minimum absolute atomic E-state index is 0.0296. The Balaban J connectivity index is 1.42. The van der Waals surface area contributed by atoms with Gasteiger partial charge in [-0.3, -0.25) is 4.79 Å². The number of amides is 1. The molecule has 0 bridgehead atoms. The molecule has 0 unspecified atom stereocenters. The first-order valence-electron chi connectivity index (χ1n) is 9.06. The molecule has 6 heteroatoms. The molecule has 0 radical (unpaired) electrons. The lowest BCUT2D eigenvalue weighted by molar-refractivity contribution is -0.118. The van der Waals surface area contributed by atoms with Crippen LogP contribution in [0.4, 0.5) is 5.00 Å². The van der Waals surface area contributed by atoms with E-state index in [1.54, 1.807) is 11.3 Å². The molecule has 0 fully saturated rings. The van der Waals surface area contributed by atoms with Crippen molar-refractivity contribution in [1.82, 2.24) is 4.98 Å². The summed E-state index contributed by atoms with van der Waals surface area (Å²) in [4.78, 5) is 17.0. The van der Waals surface area contributed by atoms with Gasteiger partial charge >= 0.3 is 0 Å². The van der Waals surface area contributed by atoms with Crippen LogP contribution < -0.4 is 10.1 Å². The van der Waals surface area contributed by atoms with E-state index in [9.17, 15) is 4.79 Å². The summed E-state index contributed by atoms with van der Waals surface area (Å²) in [6.45, 7) is 4.26. The SMILES string of the molecule is CC(C)c1ccc(OCC(=O)Nc2sccc2-c2nc3ccccc3s2)cc1. The number of nitrogens with zero attached hydrogens (tertiary/aromatic N) is 1. The van der Waals surface area contributed by atoms with Crippen molar-refractivity contribution in [2.24, 2.45) is 0 Å². The van der Waals surface area contributed by atoms with Crippen molar-refractivity contribution in [3.8, 4) is 16.3 Å². The first-order chi connectivity index (χ1) is 13.6. The molecule has 1 N–H and O–H groups in total. The first kappa shape index (κ1) is 18.7. The third-order valence-corrected chi connectivity index (χ3v) is 6.26. The summed E-state index contributed by atoms with van der Waals surface area (Å²) in [5.74, 6) is 0.979. The Morgan fingerprint density at radius 1 is 1.11 bits per heavy atom. The minimum atomic E-state index is -0.183. The summed E-state index contributed by atoms with van der Waals surface area (Å²) < 4.78 is 6.76. The summed E-state index contributed by atoms with van der Waals surface area (Å²) in [6, 6.07) is 17.9. The Morgan fingerprint density at radius 2 is 1.89 bits per heavy atom. The third-order valence-electron chi connectivity index (χ3n) is 4.36. The predicted molar refractivity (Wildman–Crippen MR) is 118 cm³/mol. The van der Waals surface area contributed by atoms with Crippen molar-refractivity contribution in [3.63, 3.8) is 0 Å². The topological polar surface area (TPSA) is 51.2 Å². The predicted octanol–water partition coefficient (Wildman–Crippen LogP) is 6.17. The number of para-hydroxylation sites is 1. The minimum Gasteiger partial charge on any atom is -0.484 e. The molecule has 2 aromatic heterocycles. The number of fused-ring (bicyclic) bond motifs is 1. The zero-order valence-electron chi connectivity index (χ0n) is 15.6. The van der Waals surface area contributed by atoms with E-state index in [4.69, 9.17) is 4.74 Å². The normalized spacial score (nSPS) is 11.1. The van der Waals surface area contributed by atoms with Gasteiger partial charge < -0.3 is 10.1 Å². The lowest BCUT2D eigenvalue weighted by Gasteiger charge is -2.09. The number of carbonyl (C=O) groups is 1. The highest BCUT2D eigenvalue weighted by atomic mass is 32.1. The van der Waals surface area contributed by atoms with Crippen LogP contribution >= 0.6 is 22.7 Å². The smallest absolute Gasteiger partial charge is 0.262 e. The highest BCUT2D eigenvalue weighted by Crippen LogP contribution is 2.37. The van der Waals surface area contributed by atoms with Crippen LogP contribution in [0.15, 0.2) is 60.0 Å². The van der Waals surface area contributed by atoms with E-state index in [2.05, 4.69) is 30.2 Å². The van der Waals surface area contributed by atoms with Crippen LogP contribution in [0.25, 0.3) is 20.8 Å². The van der Waals surface area contributed by atoms with Crippen LogP contribution in [0.2, 0.25) is 0 Å². The van der Waals surface area contributed by atoms with Gasteiger partial charge in [-0.25, -0.2) is 4.98 Å². The monoisotopic (exact) mass is 408 g/mol. The van der Waals surface area contributed by atoms with Crippen LogP contribution in [0, 0.1) is 0 Å². The Morgan fingerprint density at radius 3 is 2.64 bits per heavy atom. The van der Waals surface area contributed by atoms with Gasteiger partial charge in [0, 0.05) is 5.56 Å². The van der Waals surface area contributed by atoms with Crippen molar-refractivity contribution >= 4 is 43.8 Å². The van der Waals surface area contributed by atoms with E-state index in [1.807, 2.05) is 53.9 Å². The van der Waals surface area contributed by atoms with Gasteiger partial charge in [0.25, 0.3) is 5.91 Å². The molecule has 4 rings (SSSR count). The van der Waals surface area contributed by atoms with Crippen molar-refractivity contribution in [3.05, 3.63) is 65.5 Å². The summed E-state index contributed by atoms with van der Waals surface area (Å²) in [7, 11) is 0. The van der Waals surface area contributed by atoms with Gasteiger partial charge in [0.2, 0.25) is 0 Å². The lowest BCUT2D eigenvalue weighted by Crippen LogP contribution is -2.19. The Hall–Kier alpha value is -2.70. The first-order valence-corrected chi connectivity index (χ1v) is 10.8. The number of hydrogen-bond acceptors (Lipinski definition) is 5. The molecule has 0 aliphatic carbocycles. The fourth-order valence-electron chi connectivity index (χ4n) is 2.82. The summed E-state index contributed by atoms with van der Waals surface area (Å²) >= 11 is 3.11. The molecule has 0 aliphatic rings. The number of thiazole rings is 1. The molecule has 0 aliphatic heterocycles. The zero-order valence-corrected chi connectivity index (χ0v) is 17.3. The number of anilines is 1. The molecule has 0 saturated heterocycles. The Labute approximate surface area is 171 Å². The summed E-state index contributed by atoms with van der Waals surface area (Å²) in [5, 5.41) is 6.62. The van der Waals surface area contributed by atoms with Crippen LogP contribution in [0.3, 0.4) is 0 Å². The fourth-order valence-corrected chi connectivity index (χ4v) is 4.69. The molecule has 4 aromatic rings. The Bertz CT molecular complexity index is 1060. The Kier molecular flexibility index (Phi) is 5.41. The number of aromatic nitrogens is 1. The molecule has 0 saturated carbocycles. The quantitative estimate of drug-likeness (QED) is 0.415. The number of thiophene rings is 1. The van der Waals surface area contributed by atoms with E-state index in [0.29, 0.717) is 11.7 Å². The van der Waals surface area contributed by atoms with Crippen LogP contribution in [0.1, 0.15) is 25.3 Å². The molecular formula is C22H20N2O2S2. The second-order valence-corrected chi connectivity index (χ2v) is 8.66. The van der Waals surface area contributed by atoms with Gasteiger partial charge in [0.15, 0.2) is 6.61 Å². The average Bonchev–Trinajstić information content (AvgIpc) is 3.33. The second kappa shape index (κ2) is 8.12. The number of hydrogen-bond donors (Lipinski definition) is 1. The van der Waals surface area contributed by atoms with Crippen molar-refractivity contribution < 1.29 is 9.53 Å². The number of rotatable bonds is 6. The fraction of sp³-hybridized carbons (Fsp3) is 0.182. The maximum absolute atomic E-state index is 12.4. The third kappa shape index (κ3) is 4.08.